The van der Waals surface area contributed by atoms with E-state index in [1.165, 1.54) is 18.2 Å². The van der Waals surface area contributed by atoms with Gasteiger partial charge in [0.25, 0.3) is 5.91 Å². The van der Waals surface area contributed by atoms with Crippen LogP contribution in [0.5, 0.6) is 5.75 Å². The Balaban J connectivity index is 1.90. The molecule has 0 saturated carbocycles. The Bertz CT molecular complexity index is 822. The number of phenols is 1. The monoisotopic (exact) mass is 373 g/mol. The number of carbonyl (C=O) groups excluding carboxylic acids is 2. The average Bonchev–Trinajstić information content (AvgIpc) is 2.62. The van der Waals surface area contributed by atoms with Gasteiger partial charge in [-0.15, -0.1) is 0 Å². The van der Waals surface area contributed by atoms with Gasteiger partial charge in [0, 0.05) is 10.7 Å². The molecule has 0 aliphatic rings. The van der Waals surface area contributed by atoms with Crippen molar-refractivity contribution in [3.63, 3.8) is 0 Å². The van der Waals surface area contributed by atoms with Crippen molar-refractivity contribution in [1.82, 2.24) is 10.7 Å². The van der Waals surface area contributed by atoms with Gasteiger partial charge in [0.1, 0.15) is 5.75 Å². The number of hydrazone groups is 1. The van der Waals surface area contributed by atoms with Crippen LogP contribution in [0, 0.1) is 0 Å². The number of phenolic OH excluding ortho intramolecular Hbond substituents is 1. The maximum Gasteiger partial charge on any atom is 0.275 e. The lowest BCUT2D eigenvalue weighted by atomic mass is 10.1. The number of aromatic hydroxyl groups is 1. The minimum absolute atomic E-state index is 0.0104. The molecule has 0 radical (unpaired) electrons. The van der Waals surface area contributed by atoms with Gasteiger partial charge in [-0.25, -0.2) is 5.43 Å². The number of nitrogens with one attached hydrogen (secondary N) is 2. The van der Waals surface area contributed by atoms with Gasteiger partial charge in [-0.05, 0) is 37.6 Å². The van der Waals surface area contributed by atoms with Crippen molar-refractivity contribution in [2.24, 2.45) is 5.10 Å². The van der Waals surface area contributed by atoms with Gasteiger partial charge in [-0.2, -0.15) is 5.10 Å². The predicted octanol–water partition coefficient (Wildman–Crippen LogP) is 3.42. The summed E-state index contributed by atoms with van der Waals surface area (Å²) in [6.45, 7) is 3.52. The molecule has 2 aromatic rings. The molecule has 0 spiro atoms. The maximum absolute atomic E-state index is 12.1. The minimum Gasteiger partial charge on any atom is -0.507 e. The Labute approximate surface area is 156 Å². The first-order chi connectivity index (χ1) is 12.4. The standard InChI is InChI=1S/C19H20ClN3O3/c1-12(10-18(25)21-13(2)14-6-4-3-5-7-14)22-23-19(26)16-11-15(20)8-9-17(16)24/h3-9,11,13,24H,10H2,1-2H3,(H,21,25)(H,23,26)/b22-12+. The SMILES string of the molecule is C/C(CC(=O)NC(C)c1ccccc1)=N\NC(=O)c1cc(Cl)ccc1O. The highest BCUT2D eigenvalue weighted by atomic mass is 35.5. The number of hydrogen-bond acceptors (Lipinski definition) is 4. The van der Waals surface area contributed by atoms with Gasteiger partial charge in [-0.3, -0.25) is 9.59 Å². The minimum atomic E-state index is -0.609. The van der Waals surface area contributed by atoms with Crippen molar-refractivity contribution >= 4 is 29.1 Å². The second-order valence-electron chi connectivity index (χ2n) is 5.83. The number of halogens is 1. The summed E-state index contributed by atoms with van der Waals surface area (Å²) in [6.07, 6.45) is 0.0407. The number of amides is 2. The van der Waals surface area contributed by atoms with E-state index in [-0.39, 0.29) is 29.7 Å². The van der Waals surface area contributed by atoms with E-state index >= 15 is 0 Å². The molecule has 0 aliphatic carbocycles. The summed E-state index contributed by atoms with van der Waals surface area (Å²) in [5.74, 6) is -1.01. The van der Waals surface area contributed by atoms with Crippen molar-refractivity contribution in [3.8, 4) is 5.75 Å². The van der Waals surface area contributed by atoms with E-state index in [2.05, 4.69) is 15.8 Å². The summed E-state index contributed by atoms with van der Waals surface area (Å²) in [6, 6.07) is 13.6. The quantitative estimate of drug-likeness (QED) is 0.535. The third kappa shape index (κ3) is 5.60. The number of carbonyl (C=O) groups is 2. The molecule has 6 nitrogen and oxygen atoms in total. The number of benzene rings is 2. The van der Waals surface area contributed by atoms with E-state index in [0.29, 0.717) is 10.7 Å². The zero-order valence-electron chi connectivity index (χ0n) is 14.5. The molecule has 1 atom stereocenters. The van der Waals surface area contributed by atoms with Crippen molar-refractivity contribution in [3.05, 3.63) is 64.7 Å². The Hall–Kier alpha value is -2.86. The molecule has 0 aromatic heterocycles. The number of rotatable bonds is 6. The number of nitrogens with zero attached hydrogens (tertiary/aromatic N) is 1. The van der Waals surface area contributed by atoms with Gasteiger partial charge < -0.3 is 10.4 Å². The van der Waals surface area contributed by atoms with Gasteiger partial charge in [0.05, 0.1) is 18.0 Å². The van der Waals surface area contributed by atoms with Crippen LogP contribution in [0.4, 0.5) is 0 Å². The van der Waals surface area contributed by atoms with Crippen LogP contribution in [0.3, 0.4) is 0 Å². The molecule has 0 saturated heterocycles. The third-order valence-electron chi connectivity index (χ3n) is 3.64. The second kappa shape index (κ2) is 9.01. The van der Waals surface area contributed by atoms with Crippen molar-refractivity contribution < 1.29 is 14.7 Å². The van der Waals surface area contributed by atoms with E-state index in [0.717, 1.165) is 5.56 Å². The highest BCUT2D eigenvalue weighted by Crippen LogP contribution is 2.21. The molecular formula is C19H20ClN3O3. The van der Waals surface area contributed by atoms with Gasteiger partial charge in [0.15, 0.2) is 0 Å². The lowest BCUT2D eigenvalue weighted by molar-refractivity contribution is -0.120. The van der Waals surface area contributed by atoms with Crippen LogP contribution in [0.25, 0.3) is 0 Å². The van der Waals surface area contributed by atoms with Crippen molar-refractivity contribution in [2.45, 2.75) is 26.3 Å². The summed E-state index contributed by atoms with van der Waals surface area (Å²) in [7, 11) is 0. The molecule has 0 aliphatic heterocycles. The predicted molar refractivity (Wildman–Crippen MR) is 101 cm³/mol. The Kier molecular flexibility index (Phi) is 6.74. The topological polar surface area (TPSA) is 90.8 Å². The molecule has 7 heteroatoms. The van der Waals surface area contributed by atoms with E-state index in [4.69, 9.17) is 11.6 Å². The van der Waals surface area contributed by atoms with Crippen LogP contribution in [-0.4, -0.2) is 22.6 Å². The van der Waals surface area contributed by atoms with Gasteiger partial charge >= 0.3 is 0 Å². The molecule has 3 N–H and O–H groups in total. The van der Waals surface area contributed by atoms with Crippen LogP contribution < -0.4 is 10.7 Å². The van der Waals surface area contributed by atoms with Crippen LogP contribution in [0.15, 0.2) is 53.6 Å². The third-order valence-corrected chi connectivity index (χ3v) is 3.88. The largest absolute Gasteiger partial charge is 0.507 e. The first kappa shape index (κ1) is 19.5. The summed E-state index contributed by atoms with van der Waals surface area (Å²) in [5.41, 5.74) is 3.75. The van der Waals surface area contributed by atoms with Crippen LogP contribution in [0.2, 0.25) is 5.02 Å². The maximum atomic E-state index is 12.1. The van der Waals surface area contributed by atoms with Crippen molar-refractivity contribution in [1.29, 1.82) is 0 Å². The molecular weight excluding hydrogens is 354 g/mol. The molecule has 2 amide bonds. The average molecular weight is 374 g/mol. The first-order valence-electron chi connectivity index (χ1n) is 8.03. The zero-order valence-corrected chi connectivity index (χ0v) is 15.2. The lowest BCUT2D eigenvalue weighted by Crippen LogP contribution is -2.28. The Morgan fingerprint density at radius 3 is 2.58 bits per heavy atom. The molecule has 2 aromatic carbocycles. The Morgan fingerprint density at radius 1 is 1.19 bits per heavy atom. The van der Waals surface area contributed by atoms with E-state index in [1.54, 1.807) is 6.92 Å². The highest BCUT2D eigenvalue weighted by Gasteiger charge is 2.13. The molecule has 0 heterocycles. The molecule has 1 unspecified atom stereocenters. The fourth-order valence-electron chi connectivity index (χ4n) is 2.29. The highest BCUT2D eigenvalue weighted by molar-refractivity contribution is 6.31. The molecule has 136 valence electrons. The summed E-state index contributed by atoms with van der Waals surface area (Å²) in [4.78, 5) is 24.1. The van der Waals surface area contributed by atoms with E-state index in [1.807, 2.05) is 37.3 Å². The van der Waals surface area contributed by atoms with Gasteiger partial charge in [-0.1, -0.05) is 41.9 Å². The lowest BCUT2D eigenvalue weighted by Gasteiger charge is -2.14. The summed E-state index contributed by atoms with van der Waals surface area (Å²) >= 11 is 5.81. The smallest absolute Gasteiger partial charge is 0.275 e. The summed E-state index contributed by atoms with van der Waals surface area (Å²) in [5, 5.41) is 16.8. The Morgan fingerprint density at radius 2 is 1.88 bits per heavy atom. The molecule has 0 fully saturated rings. The van der Waals surface area contributed by atoms with E-state index in [9.17, 15) is 14.7 Å². The number of hydrogen-bond donors (Lipinski definition) is 3. The van der Waals surface area contributed by atoms with E-state index < -0.39 is 5.91 Å². The molecule has 2 rings (SSSR count). The van der Waals surface area contributed by atoms with Crippen molar-refractivity contribution in [2.75, 3.05) is 0 Å². The van der Waals surface area contributed by atoms with Gasteiger partial charge in [0.2, 0.25) is 5.91 Å². The fourth-order valence-corrected chi connectivity index (χ4v) is 2.46. The molecule has 0 bridgehead atoms. The van der Waals surface area contributed by atoms with Crippen LogP contribution >= 0.6 is 11.6 Å². The zero-order chi connectivity index (χ0) is 19.1. The van der Waals surface area contributed by atoms with Crippen LogP contribution in [-0.2, 0) is 4.79 Å². The normalized spacial score (nSPS) is 12.3. The second-order valence-corrected chi connectivity index (χ2v) is 6.26. The molecule has 26 heavy (non-hydrogen) atoms. The summed E-state index contributed by atoms with van der Waals surface area (Å²) < 4.78 is 0. The van der Waals surface area contributed by atoms with Crippen LogP contribution in [0.1, 0.15) is 42.2 Å². The fraction of sp³-hybridized carbons (Fsp3) is 0.211. The first-order valence-corrected chi connectivity index (χ1v) is 8.41.